The quantitative estimate of drug-likeness (QED) is 0.448. The second-order valence-electron chi connectivity index (χ2n) is 5.91. The van der Waals surface area contributed by atoms with Gasteiger partial charge in [-0.1, -0.05) is 19.1 Å². The highest BCUT2D eigenvalue weighted by Gasteiger charge is 2.26. The van der Waals surface area contributed by atoms with Crippen LogP contribution in [0, 0.1) is 0 Å². The lowest BCUT2D eigenvalue weighted by atomic mass is 10.1. The van der Waals surface area contributed by atoms with Crippen molar-refractivity contribution in [3.63, 3.8) is 0 Å². The maximum Gasteiger partial charge on any atom is 0.342 e. The number of carboxylic acids is 2. The molecule has 2 rings (SSSR count). The van der Waals surface area contributed by atoms with Crippen molar-refractivity contribution >= 4 is 23.9 Å². The third-order valence-corrected chi connectivity index (χ3v) is 3.83. The number of ether oxygens (including phenoxy) is 2. The Balaban J connectivity index is 2.23. The third kappa shape index (κ3) is 5.32. The Morgan fingerprint density at radius 1 is 0.828 bits per heavy atom. The Kier molecular flexibility index (Phi) is 6.91. The van der Waals surface area contributed by atoms with Crippen LogP contribution in [0.25, 0.3) is 0 Å². The van der Waals surface area contributed by atoms with E-state index in [1.807, 2.05) is 0 Å². The van der Waals surface area contributed by atoms with Crippen molar-refractivity contribution in [1.82, 2.24) is 0 Å². The standard InChI is InChI=1S/C20H18O9/c1-2-5-16(28-19(26)13-7-4-3-6-12(13)17(22)23)29-20(27)14-9-8-11(21)10-15(14)18(24)25/h3-4,6-10,16,21H,2,5H2,1H3,(H,22,23)(H,24,25). The molecule has 0 amide bonds. The molecule has 0 aliphatic heterocycles. The number of aromatic hydroxyl groups is 1. The van der Waals surface area contributed by atoms with Gasteiger partial charge in [0.15, 0.2) is 0 Å². The zero-order chi connectivity index (χ0) is 21.6. The largest absolute Gasteiger partial charge is 0.508 e. The normalized spacial score (nSPS) is 11.3. The lowest BCUT2D eigenvalue weighted by Gasteiger charge is -2.19. The van der Waals surface area contributed by atoms with Gasteiger partial charge in [-0.2, -0.15) is 0 Å². The third-order valence-electron chi connectivity index (χ3n) is 3.83. The molecule has 9 nitrogen and oxygen atoms in total. The van der Waals surface area contributed by atoms with E-state index in [2.05, 4.69) is 0 Å². The zero-order valence-corrected chi connectivity index (χ0v) is 15.3. The van der Waals surface area contributed by atoms with Crippen molar-refractivity contribution in [3.05, 3.63) is 64.7 Å². The summed E-state index contributed by atoms with van der Waals surface area (Å²) in [6, 6.07) is 8.48. The second kappa shape index (κ2) is 9.36. The molecule has 2 aromatic rings. The highest BCUT2D eigenvalue weighted by Crippen LogP contribution is 2.20. The smallest absolute Gasteiger partial charge is 0.342 e. The first-order valence-corrected chi connectivity index (χ1v) is 8.55. The predicted molar refractivity (Wildman–Crippen MR) is 98.0 cm³/mol. The molecule has 3 N–H and O–H groups in total. The molecule has 0 spiro atoms. The number of aromatic carboxylic acids is 2. The molecular weight excluding hydrogens is 384 g/mol. The summed E-state index contributed by atoms with van der Waals surface area (Å²) in [4.78, 5) is 47.4. The van der Waals surface area contributed by atoms with Gasteiger partial charge in [0.25, 0.3) is 0 Å². The summed E-state index contributed by atoms with van der Waals surface area (Å²) in [7, 11) is 0. The van der Waals surface area contributed by atoms with Crippen LogP contribution in [0.4, 0.5) is 0 Å². The fourth-order valence-electron chi connectivity index (χ4n) is 2.48. The fraction of sp³-hybridized carbons (Fsp3) is 0.200. The van der Waals surface area contributed by atoms with E-state index in [1.165, 1.54) is 24.3 Å². The number of hydrogen-bond donors (Lipinski definition) is 3. The van der Waals surface area contributed by atoms with Crippen LogP contribution in [0.5, 0.6) is 5.75 Å². The number of carboxylic acid groups (broad SMARTS) is 2. The van der Waals surface area contributed by atoms with Gasteiger partial charge in [-0.25, -0.2) is 19.2 Å². The van der Waals surface area contributed by atoms with Gasteiger partial charge in [-0.3, -0.25) is 0 Å². The first-order chi connectivity index (χ1) is 13.7. The SMILES string of the molecule is CCCC(OC(=O)c1ccccc1C(=O)O)OC(=O)c1ccc(O)cc1C(=O)O. The first kappa shape index (κ1) is 21.4. The Morgan fingerprint density at radius 2 is 1.34 bits per heavy atom. The van der Waals surface area contributed by atoms with Crippen LogP contribution in [-0.2, 0) is 9.47 Å². The average molecular weight is 402 g/mol. The van der Waals surface area contributed by atoms with Gasteiger partial charge < -0.3 is 24.8 Å². The molecule has 0 fully saturated rings. The Bertz CT molecular complexity index is 949. The van der Waals surface area contributed by atoms with E-state index < -0.39 is 35.7 Å². The van der Waals surface area contributed by atoms with Crippen molar-refractivity contribution < 1.29 is 44.0 Å². The van der Waals surface area contributed by atoms with Gasteiger partial charge in [-0.05, 0) is 36.8 Å². The molecule has 29 heavy (non-hydrogen) atoms. The minimum Gasteiger partial charge on any atom is -0.508 e. The van der Waals surface area contributed by atoms with Crippen molar-refractivity contribution in [2.45, 2.75) is 26.1 Å². The van der Waals surface area contributed by atoms with Gasteiger partial charge >= 0.3 is 23.9 Å². The molecule has 0 radical (unpaired) electrons. The lowest BCUT2D eigenvalue weighted by Crippen LogP contribution is -2.26. The number of esters is 2. The number of hydrogen-bond acceptors (Lipinski definition) is 7. The fourth-order valence-corrected chi connectivity index (χ4v) is 2.48. The molecule has 0 saturated heterocycles. The molecule has 1 atom stereocenters. The summed E-state index contributed by atoms with van der Waals surface area (Å²) in [5.41, 5.74) is -1.30. The summed E-state index contributed by atoms with van der Waals surface area (Å²) in [6.45, 7) is 1.74. The summed E-state index contributed by atoms with van der Waals surface area (Å²) >= 11 is 0. The Morgan fingerprint density at radius 3 is 1.86 bits per heavy atom. The van der Waals surface area contributed by atoms with Crippen molar-refractivity contribution in [1.29, 1.82) is 0 Å². The summed E-state index contributed by atoms with van der Waals surface area (Å²) < 4.78 is 10.3. The monoisotopic (exact) mass is 402 g/mol. The topological polar surface area (TPSA) is 147 Å². The van der Waals surface area contributed by atoms with Crippen molar-refractivity contribution in [3.8, 4) is 5.75 Å². The average Bonchev–Trinajstić information content (AvgIpc) is 2.67. The molecule has 0 saturated carbocycles. The molecule has 0 aliphatic rings. The van der Waals surface area contributed by atoms with E-state index in [0.29, 0.717) is 6.42 Å². The summed E-state index contributed by atoms with van der Waals surface area (Å²) in [5.74, 6) is -5.19. The first-order valence-electron chi connectivity index (χ1n) is 8.55. The van der Waals surface area contributed by atoms with Gasteiger partial charge in [-0.15, -0.1) is 0 Å². The number of phenols is 1. The van der Waals surface area contributed by atoms with Crippen LogP contribution in [0.15, 0.2) is 42.5 Å². The van der Waals surface area contributed by atoms with Crippen LogP contribution in [0.3, 0.4) is 0 Å². The Hall–Kier alpha value is -3.88. The number of rotatable bonds is 8. The van der Waals surface area contributed by atoms with Crippen LogP contribution in [0.1, 0.15) is 61.2 Å². The molecule has 0 aromatic heterocycles. The molecule has 2 aromatic carbocycles. The zero-order valence-electron chi connectivity index (χ0n) is 15.3. The van der Waals surface area contributed by atoms with E-state index in [9.17, 15) is 34.5 Å². The number of benzene rings is 2. The molecule has 0 bridgehead atoms. The molecule has 1 unspecified atom stereocenters. The minimum absolute atomic E-state index is 0.104. The number of carbonyl (C=O) groups is 4. The van der Waals surface area contributed by atoms with Gasteiger partial charge in [0.05, 0.1) is 22.3 Å². The van der Waals surface area contributed by atoms with Crippen LogP contribution in [0.2, 0.25) is 0 Å². The maximum absolute atomic E-state index is 12.4. The van der Waals surface area contributed by atoms with E-state index in [4.69, 9.17) is 9.47 Å². The highest BCUT2D eigenvalue weighted by molar-refractivity contribution is 6.03. The van der Waals surface area contributed by atoms with Gasteiger partial charge in [0, 0.05) is 6.42 Å². The number of phenolic OH excluding ortho intramolecular Hbond substituents is 1. The molecule has 0 aliphatic carbocycles. The van der Waals surface area contributed by atoms with E-state index in [1.54, 1.807) is 6.92 Å². The number of carbonyl (C=O) groups excluding carboxylic acids is 2. The van der Waals surface area contributed by atoms with Crippen LogP contribution in [-0.4, -0.2) is 45.5 Å². The van der Waals surface area contributed by atoms with E-state index >= 15 is 0 Å². The van der Waals surface area contributed by atoms with E-state index in [0.717, 1.165) is 18.2 Å². The molecular formula is C20H18O9. The summed E-state index contributed by atoms with van der Waals surface area (Å²) in [5, 5.41) is 27.8. The van der Waals surface area contributed by atoms with Crippen LogP contribution >= 0.6 is 0 Å². The molecule has 9 heteroatoms. The molecule has 0 heterocycles. The van der Waals surface area contributed by atoms with E-state index in [-0.39, 0.29) is 28.9 Å². The van der Waals surface area contributed by atoms with Gasteiger partial charge in [0.2, 0.25) is 6.29 Å². The highest BCUT2D eigenvalue weighted by atomic mass is 16.7. The predicted octanol–water partition coefficient (Wildman–Crippen LogP) is 2.93. The molecule has 152 valence electrons. The van der Waals surface area contributed by atoms with Crippen molar-refractivity contribution in [2.75, 3.05) is 0 Å². The maximum atomic E-state index is 12.4. The Labute approximate surface area is 165 Å². The minimum atomic E-state index is -1.45. The van der Waals surface area contributed by atoms with Crippen LogP contribution < -0.4 is 0 Å². The van der Waals surface area contributed by atoms with Gasteiger partial charge in [0.1, 0.15) is 5.75 Å². The summed E-state index contributed by atoms with van der Waals surface area (Å²) in [6.07, 6.45) is -0.808. The second-order valence-corrected chi connectivity index (χ2v) is 5.91. The lowest BCUT2D eigenvalue weighted by molar-refractivity contribution is -0.0832. The van der Waals surface area contributed by atoms with Crippen molar-refractivity contribution in [2.24, 2.45) is 0 Å².